The molecule has 0 fully saturated rings. The van der Waals surface area contributed by atoms with Gasteiger partial charge in [-0.15, -0.1) is 0 Å². The van der Waals surface area contributed by atoms with Crippen molar-refractivity contribution in [1.29, 1.82) is 0 Å². The van der Waals surface area contributed by atoms with E-state index in [4.69, 9.17) is 4.98 Å². The minimum absolute atomic E-state index is 0.697. The summed E-state index contributed by atoms with van der Waals surface area (Å²) in [5.74, 6) is 0.766. The van der Waals surface area contributed by atoms with Crippen molar-refractivity contribution < 1.29 is 5.11 Å². The van der Waals surface area contributed by atoms with Crippen molar-refractivity contribution in [3.63, 3.8) is 0 Å². The number of rotatable bonds is 13. The van der Waals surface area contributed by atoms with Gasteiger partial charge in [0.05, 0.1) is 11.0 Å². The van der Waals surface area contributed by atoms with Crippen LogP contribution in [0.25, 0.3) is 11.0 Å². The molecule has 0 aliphatic rings. The number of benzene rings is 2. The van der Waals surface area contributed by atoms with Gasteiger partial charge in [-0.2, -0.15) is 0 Å². The van der Waals surface area contributed by atoms with Gasteiger partial charge in [0.2, 0.25) is 0 Å². The van der Waals surface area contributed by atoms with Gasteiger partial charge in [-0.05, 0) is 49.1 Å². The molecule has 1 atom stereocenters. The van der Waals surface area contributed by atoms with E-state index in [1.54, 1.807) is 0 Å². The van der Waals surface area contributed by atoms with Gasteiger partial charge in [-0.3, -0.25) is 0 Å². The Bertz CT molecular complexity index is 929. The number of aliphatic hydroxyl groups is 1. The summed E-state index contributed by atoms with van der Waals surface area (Å²) in [5.41, 5.74) is 5.55. The lowest BCUT2D eigenvalue weighted by Gasteiger charge is -2.15. The summed E-state index contributed by atoms with van der Waals surface area (Å²) >= 11 is 0. The Morgan fingerprint density at radius 2 is 1.39 bits per heavy atom. The maximum absolute atomic E-state index is 11.1. The molecule has 168 valence electrons. The Hall–Kier alpha value is -2.13. The first-order valence-corrected chi connectivity index (χ1v) is 12.3. The Balaban J connectivity index is 1.63. The minimum Gasteiger partial charge on any atom is -0.380 e. The van der Waals surface area contributed by atoms with Crippen LogP contribution in [0.4, 0.5) is 0 Å². The average Bonchev–Trinajstić information content (AvgIpc) is 3.12. The molecule has 3 rings (SSSR count). The van der Waals surface area contributed by atoms with Crippen LogP contribution in [0.1, 0.15) is 99.8 Å². The highest BCUT2D eigenvalue weighted by atomic mass is 16.3. The van der Waals surface area contributed by atoms with E-state index in [-0.39, 0.29) is 0 Å². The molecule has 2 aromatic carbocycles. The molecule has 1 unspecified atom stereocenters. The zero-order chi connectivity index (χ0) is 22.1. The number of imidazole rings is 1. The van der Waals surface area contributed by atoms with Crippen LogP contribution in [-0.4, -0.2) is 14.7 Å². The molecule has 0 radical (unpaired) electrons. The summed E-state index contributed by atoms with van der Waals surface area (Å²) in [6.07, 6.45) is 12.6. The smallest absolute Gasteiger partial charge is 0.143 e. The lowest BCUT2D eigenvalue weighted by molar-refractivity contribution is 0.204. The number of hydrogen-bond donors (Lipinski definition) is 1. The summed E-state index contributed by atoms with van der Waals surface area (Å²) in [6, 6.07) is 14.3. The number of nitrogens with zero attached hydrogens (tertiary/aromatic N) is 2. The van der Waals surface area contributed by atoms with Gasteiger partial charge in [0.25, 0.3) is 0 Å². The third kappa shape index (κ3) is 6.43. The molecule has 3 heteroatoms. The van der Waals surface area contributed by atoms with Crippen LogP contribution in [0.15, 0.2) is 42.5 Å². The van der Waals surface area contributed by atoms with Crippen molar-refractivity contribution in [2.45, 2.75) is 97.6 Å². The van der Waals surface area contributed by atoms with Crippen molar-refractivity contribution >= 4 is 11.0 Å². The van der Waals surface area contributed by atoms with Gasteiger partial charge >= 0.3 is 0 Å². The van der Waals surface area contributed by atoms with Crippen molar-refractivity contribution in [2.75, 3.05) is 0 Å². The molecule has 31 heavy (non-hydrogen) atoms. The van der Waals surface area contributed by atoms with Crippen molar-refractivity contribution in [1.82, 2.24) is 9.55 Å². The Labute approximate surface area is 188 Å². The topological polar surface area (TPSA) is 38.0 Å². The zero-order valence-corrected chi connectivity index (χ0v) is 19.7. The Kier molecular flexibility index (Phi) is 9.14. The molecule has 0 saturated carbocycles. The first-order chi connectivity index (χ1) is 15.1. The largest absolute Gasteiger partial charge is 0.380 e. The van der Waals surface area contributed by atoms with E-state index in [9.17, 15) is 5.11 Å². The van der Waals surface area contributed by atoms with Gasteiger partial charge in [0, 0.05) is 6.54 Å². The van der Waals surface area contributed by atoms with E-state index < -0.39 is 6.10 Å². The van der Waals surface area contributed by atoms with Crippen molar-refractivity contribution in [2.24, 2.45) is 0 Å². The highest BCUT2D eigenvalue weighted by Crippen LogP contribution is 2.28. The fraction of sp³-hybridized carbons (Fsp3) is 0.536. The van der Waals surface area contributed by atoms with Gasteiger partial charge < -0.3 is 9.67 Å². The van der Waals surface area contributed by atoms with Crippen LogP contribution in [0.5, 0.6) is 0 Å². The van der Waals surface area contributed by atoms with Gasteiger partial charge in [-0.1, -0.05) is 95.0 Å². The number of aryl methyl sites for hydroxylation is 3. The summed E-state index contributed by atoms with van der Waals surface area (Å²) in [4.78, 5) is 4.87. The summed E-state index contributed by atoms with van der Waals surface area (Å²) in [6.45, 7) is 7.47. The molecule has 1 heterocycles. The maximum Gasteiger partial charge on any atom is 0.143 e. The maximum atomic E-state index is 11.1. The summed E-state index contributed by atoms with van der Waals surface area (Å²) in [5, 5.41) is 11.1. The third-order valence-electron chi connectivity index (χ3n) is 6.49. The molecule has 3 nitrogen and oxygen atoms in total. The second-order valence-corrected chi connectivity index (χ2v) is 9.04. The molecule has 0 saturated heterocycles. The summed E-state index contributed by atoms with van der Waals surface area (Å²) < 4.78 is 2.25. The standard InChI is InChI=1S/C28H40N2O/c1-4-5-6-7-8-9-10-11-12-16-19-30-26-21-23(3)22(2)20-25(26)29-28(30)27(31)24-17-14-13-15-18-24/h13-15,17-18,20-21,27,31H,4-12,16,19H2,1-3H3. The highest BCUT2D eigenvalue weighted by molar-refractivity contribution is 5.78. The van der Waals surface area contributed by atoms with E-state index in [2.05, 4.69) is 37.5 Å². The monoisotopic (exact) mass is 420 g/mol. The predicted octanol–water partition coefficient (Wildman–Crippen LogP) is 7.66. The Morgan fingerprint density at radius 3 is 2.03 bits per heavy atom. The predicted molar refractivity (Wildman–Crippen MR) is 132 cm³/mol. The molecule has 0 spiro atoms. The van der Waals surface area contributed by atoms with Crippen LogP contribution < -0.4 is 0 Å². The molecule has 0 amide bonds. The SMILES string of the molecule is CCCCCCCCCCCCn1c(C(O)c2ccccc2)nc2cc(C)c(C)cc21. The lowest BCUT2D eigenvalue weighted by atomic mass is 10.1. The summed E-state index contributed by atoms with van der Waals surface area (Å²) in [7, 11) is 0. The second-order valence-electron chi connectivity index (χ2n) is 9.04. The van der Waals surface area contributed by atoms with Crippen LogP contribution in [0.3, 0.4) is 0 Å². The average molecular weight is 421 g/mol. The molecule has 1 N–H and O–H groups in total. The van der Waals surface area contributed by atoms with Gasteiger partial charge in [0.15, 0.2) is 0 Å². The fourth-order valence-electron chi connectivity index (χ4n) is 4.38. The molecule has 0 aliphatic heterocycles. The van der Waals surface area contributed by atoms with Gasteiger partial charge in [-0.25, -0.2) is 4.98 Å². The van der Waals surface area contributed by atoms with E-state index in [0.29, 0.717) is 0 Å². The molecule has 3 aromatic rings. The van der Waals surface area contributed by atoms with E-state index in [0.717, 1.165) is 35.4 Å². The number of aromatic nitrogens is 2. The fourth-order valence-corrected chi connectivity index (χ4v) is 4.38. The zero-order valence-electron chi connectivity index (χ0n) is 19.7. The van der Waals surface area contributed by atoms with E-state index >= 15 is 0 Å². The molecule has 1 aromatic heterocycles. The lowest BCUT2D eigenvalue weighted by Crippen LogP contribution is -2.10. The third-order valence-corrected chi connectivity index (χ3v) is 6.49. The highest BCUT2D eigenvalue weighted by Gasteiger charge is 2.20. The molecular formula is C28H40N2O. The van der Waals surface area contributed by atoms with Crippen LogP contribution in [-0.2, 0) is 6.54 Å². The Morgan fingerprint density at radius 1 is 0.806 bits per heavy atom. The normalized spacial score (nSPS) is 12.5. The van der Waals surface area contributed by atoms with Crippen LogP contribution in [0, 0.1) is 13.8 Å². The first-order valence-electron chi connectivity index (χ1n) is 12.3. The van der Waals surface area contributed by atoms with Gasteiger partial charge in [0.1, 0.15) is 11.9 Å². The molecule has 0 bridgehead atoms. The second kappa shape index (κ2) is 12.0. The molecule has 0 aliphatic carbocycles. The minimum atomic E-state index is -0.697. The van der Waals surface area contributed by atoms with E-state index in [1.165, 1.54) is 68.9 Å². The number of fused-ring (bicyclic) bond motifs is 1. The van der Waals surface area contributed by atoms with E-state index in [1.807, 2.05) is 30.3 Å². The van der Waals surface area contributed by atoms with Crippen molar-refractivity contribution in [3.8, 4) is 0 Å². The van der Waals surface area contributed by atoms with Crippen molar-refractivity contribution in [3.05, 3.63) is 65.0 Å². The molecular weight excluding hydrogens is 380 g/mol. The van der Waals surface area contributed by atoms with Crippen LogP contribution >= 0.6 is 0 Å². The number of aliphatic hydroxyl groups excluding tert-OH is 1. The number of hydrogen-bond acceptors (Lipinski definition) is 2. The van der Waals surface area contributed by atoms with Crippen LogP contribution in [0.2, 0.25) is 0 Å². The quantitative estimate of drug-likeness (QED) is 0.288. The first kappa shape index (κ1) is 23.5. The number of unbranched alkanes of at least 4 members (excludes halogenated alkanes) is 9.